The van der Waals surface area contributed by atoms with Crippen molar-refractivity contribution < 1.29 is 24.1 Å². The van der Waals surface area contributed by atoms with Crippen LogP contribution >= 0.6 is 0 Å². The topological polar surface area (TPSA) is 159 Å². The molecule has 1 saturated heterocycles. The van der Waals surface area contributed by atoms with Gasteiger partial charge in [0.1, 0.15) is 29.3 Å². The summed E-state index contributed by atoms with van der Waals surface area (Å²) in [6.45, 7) is 0.0355. The van der Waals surface area contributed by atoms with Crippen LogP contribution in [0.15, 0.2) is 120 Å². The van der Waals surface area contributed by atoms with Crippen molar-refractivity contribution >= 4 is 22.8 Å². The van der Waals surface area contributed by atoms with Crippen molar-refractivity contribution in [1.82, 2.24) is 19.5 Å². The minimum absolute atomic E-state index is 0.0355. The third-order valence-corrected chi connectivity index (χ3v) is 8.84. The van der Waals surface area contributed by atoms with Gasteiger partial charge in [-0.1, -0.05) is 72.8 Å². The molecule has 2 aromatic heterocycles. The fourth-order valence-electron chi connectivity index (χ4n) is 6.43. The second kappa shape index (κ2) is 13.4. The number of aromatic nitrogens is 4. The fourth-order valence-corrected chi connectivity index (χ4v) is 6.43. The molecular weight excluding hydrogens is 624 g/mol. The molecular formula is C37H36N6O6. The fraction of sp³-hybridized carbons (Fsp3) is 0.216. The van der Waals surface area contributed by atoms with Crippen LogP contribution < -0.4 is 26.1 Å². The van der Waals surface area contributed by atoms with Crippen molar-refractivity contribution in [3.63, 3.8) is 0 Å². The maximum Gasteiger partial charge on any atom is 0.280 e. The van der Waals surface area contributed by atoms with Gasteiger partial charge < -0.3 is 35.1 Å². The van der Waals surface area contributed by atoms with Crippen LogP contribution in [-0.2, 0) is 15.1 Å². The summed E-state index contributed by atoms with van der Waals surface area (Å²) in [5, 5.41) is 15.3. The third kappa shape index (κ3) is 5.97. The molecule has 3 heterocycles. The Bertz CT molecular complexity index is 2020. The number of aliphatic hydroxyl groups excluding tert-OH is 1. The van der Waals surface area contributed by atoms with Crippen LogP contribution in [0.3, 0.4) is 0 Å². The number of nitrogens with one attached hydrogen (secondary N) is 2. The molecule has 1 aliphatic heterocycles. The monoisotopic (exact) mass is 660 g/mol. The van der Waals surface area contributed by atoms with Crippen LogP contribution in [0, 0.1) is 0 Å². The van der Waals surface area contributed by atoms with Gasteiger partial charge >= 0.3 is 0 Å². The van der Waals surface area contributed by atoms with Gasteiger partial charge in [0.05, 0.1) is 33.2 Å². The Morgan fingerprint density at radius 3 is 2.04 bits per heavy atom. The minimum Gasteiger partial charge on any atom is -0.497 e. The van der Waals surface area contributed by atoms with Crippen LogP contribution in [0.25, 0.3) is 11.2 Å². The Morgan fingerprint density at radius 2 is 1.45 bits per heavy atom. The molecule has 0 unspecified atom stereocenters. The van der Waals surface area contributed by atoms with E-state index in [4.69, 9.17) is 24.7 Å². The lowest BCUT2D eigenvalue weighted by molar-refractivity contribution is -0.0857. The predicted octanol–water partition coefficient (Wildman–Crippen LogP) is 4.47. The molecule has 0 spiro atoms. The third-order valence-electron chi connectivity index (χ3n) is 8.84. The highest BCUT2D eigenvalue weighted by atomic mass is 16.6. The molecule has 7 rings (SSSR count). The Labute approximate surface area is 282 Å². The molecule has 1 fully saturated rings. The number of ether oxygens (including phenoxy) is 4. The van der Waals surface area contributed by atoms with E-state index in [2.05, 4.69) is 20.3 Å². The first-order chi connectivity index (χ1) is 23.9. The SMILES string of the molecule is COc1ccc(C(OC[C@H]2O[C@@H](n3cnc4c(=O)[nH]c(N)nc43)[C@H](O)[C@@H]2Nc2ccccc2)(c2ccccc2)c2ccc(OC)cc2)cc1. The van der Waals surface area contributed by atoms with Crippen LogP contribution in [-0.4, -0.2) is 63.7 Å². The molecule has 250 valence electrons. The van der Waals surface area contributed by atoms with E-state index >= 15 is 0 Å². The average molecular weight is 661 g/mol. The summed E-state index contributed by atoms with van der Waals surface area (Å²) in [5.74, 6) is 1.34. The molecule has 4 aromatic carbocycles. The van der Waals surface area contributed by atoms with Gasteiger partial charge in [-0.15, -0.1) is 0 Å². The summed E-state index contributed by atoms with van der Waals surface area (Å²) in [5.41, 5.74) is 7.93. The lowest BCUT2D eigenvalue weighted by Crippen LogP contribution is -2.43. The van der Waals surface area contributed by atoms with E-state index < -0.39 is 35.6 Å². The largest absolute Gasteiger partial charge is 0.497 e. The first-order valence-corrected chi connectivity index (χ1v) is 15.8. The van der Waals surface area contributed by atoms with E-state index in [1.807, 2.05) is 109 Å². The molecule has 0 saturated carbocycles. The molecule has 0 aliphatic carbocycles. The number of aromatic amines is 1. The van der Waals surface area contributed by atoms with Gasteiger partial charge in [0, 0.05) is 5.69 Å². The number of nitrogens with zero attached hydrogens (tertiary/aromatic N) is 3. The zero-order valence-corrected chi connectivity index (χ0v) is 26.9. The molecule has 0 bridgehead atoms. The summed E-state index contributed by atoms with van der Waals surface area (Å²) in [7, 11) is 3.25. The highest BCUT2D eigenvalue weighted by molar-refractivity contribution is 5.70. The molecule has 12 nitrogen and oxygen atoms in total. The lowest BCUT2D eigenvalue weighted by atomic mass is 9.80. The molecule has 0 radical (unpaired) electrons. The van der Waals surface area contributed by atoms with E-state index in [0.717, 1.165) is 22.4 Å². The molecule has 0 amide bonds. The van der Waals surface area contributed by atoms with Gasteiger partial charge in [0.2, 0.25) is 5.95 Å². The molecule has 1 aliphatic rings. The first-order valence-electron chi connectivity index (χ1n) is 15.8. The number of para-hydroxylation sites is 1. The second-order valence-corrected chi connectivity index (χ2v) is 11.7. The summed E-state index contributed by atoms with van der Waals surface area (Å²) >= 11 is 0. The quantitative estimate of drug-likeness (QED) is 0.146. The highest BCUT2D eigenvalue weighted by Gasteiger charge is 2.47. The van der Waals surface area contributed by atoms with Crippen molar-refractivity contribution in [3.05, 3.63) is 143 Å². The highest BCUT2D eigenvalue weighted by Crippen LogP contribution is 2.43. The zero-order valence-electron chi connectivity index (χ0n) is 26.9. The molecule has 5 N–H and O–H groups in total. The zero-order chi connectivity index (χ0) is 34.0. The Hall–Kier alpha value is -5.69. The van der Waals surface area contributed by atoms with Gasteiger partial charge in [0.15, 0.2) is 17.4 Å². The maximum absolute atomic E-state index is 12.6. The van der Waals surface area contributed by atoms with E-state index in [9.17, 15) is 9.90 Å². The number of anilines is 2. The minimum atomic E-state index is -1.12. The van der Waals surface area contributed by atoms with Crippen LogP contribution in [0.2, 0.25) is 0 Å². The maximum atomic E-state index is 12.6. The number of fused-ring (bicyclic) bond motifs is 1. The van der Waals surface area contributed by atoms with Crippen molar-refractivity contribution in [2.75, 3.05) is 31.9 Å². The standard InChI is InChI=1S/C37H36N6O6/c1-46-27-17-13-24(14-18-27)37(23-9-5-3-6-10-23,25-15-19-28(47-2)20-16-25)48-21-29-30(40-26-11-7-4-8-12-26)32(44)35(49-29)43-22-39-31-33(43)41-36(38)42-34(31)45/h3-20,22,29-30,32,35,40,44H,21H2,1-2H3,(H3,38,41,42,45)/t29-,30-,32-,35-/m1/s1. The van der Waals surface area contributed by atoms with Crippen LogP contribution in [0.4, 0.5) is 11.6 Å². The Morgan fingerprint density at radius 1 is 0.878 bits per heavy atom. The summed E-state index contributed by atoms with van der Waals surface area (Å²) < 4.78 is 26.3. The number of methoxy groups -OCH3 is 2. The molecule has 4 atom stereocenters. The number of aliphatic hydroxyl groups is 1. The predicted molar refractivity (Wildman–Crippen MR) is 185 cm³/mol. The van der Waals surface area contributed by atoms with E-state index in [0.29, 0.717) is 11.5 Å². The van der Waals surface area contributed by atoms with Crippen LogP contribution in [0.5, 0.6) is 11.5 Å². The number of imidazole rings is 1. The molecule has 12 heteroatoms. The number of hydrogen-bond acceptors (Lipinski definition) is 10. The van der Waals surface area contributed by atoms with Crippen molar-refractivity contribution in [2.45, 2.75) is 30.1 Å². The van der Waals surface area contributed by atoms with Gasteiger partial charge in [-0.05, 0) is 53.1 Å². The summed E-state index contributed by atoms with van der Waals surface area (Å²) in [6.07, 6.45) is -1.36. The van der Waals surface area contributed by atoms with Crippen molar-refractivity contribution in [1.29, 1.82) is 0 Å². The summed E-state index contributed by atoms with van der Waals surface area (Å²) in [4.78, 5) is 23.6. The smallest absolute Gasteiger partial charge is 0.280 e. The number of H-pyrrole nitrogens is 1. The van der Waals surface area contributed by atoms with E-state index in [-0.39, 0.29) is 23.7 Å². The Kier molecular flexibility index (Phi) is 8.74. The van der Waals surface area contributed by atoms with Crippen molar-refractivity contribution in [3.8, 4) is 11.5 Å². The van der Waals surface area contributed by atoms with Gasteiger partial charge in [0.25, 0.3) is 5.56 Å². The normalized spacial score (nSPS) is 19.2. The number of benzene rings is 4. The lowest BCUT2D eigenvalue weighted by Gasteiger charge is -2.37. The number of nitrogen functional groups attached to an aromatic ring is 1. The van der Waals surface area contributed by atoms with E-state index in [1.165, 1.54) is 10.9 Å². The van der Waals surface area contributed by atoms with E-state index in [1.54, 1.807) is 14.2 Å². The van der Waals surface area contributed by atoms with Gasteiger partial charge in [-0.3, -0.25) is 14.3 Å². The second-order valence-electron chi connectivity index (χ2n) is 11.7. The Balaban J connectivity index is 1.32. The average Bonchev–Trinajstić information content (AvgIpc) is 3.70. The summed E-state index contributed by atoms with van der Waals surface area (Å²) in [6, 6.07) is 34.4. The molecule has 6 aromatic rings. The first kappa shape index (κ1) is 31.9. The number of nitrogens with two attached hydrogens (primary N) is 1. The number of hydrogen-bond donors (Lipinski definition) is 4. The van der Waals surface area contributed by atoms with Crippen molar-refractivity contribution in [2.24, 2.45) is 0 Å². The molecule has 49 heavy (non-hydrogen) atoms. The van der Waals surface area contributed by atoms with Gasteiger partial charge in [-0.25, -0.2) is 4.98 Å². The number of rotatable bonds is 11. The van der Waals surface area contributed by atoms with Gasteiger partial charge in [-0.2, -0.15) is 4.98 Å². The van der Waals surface area contributed by atoms with Crippen LogP contribution in [0.1, 0.15) is 22.9 Å².